The Kier molecular flexibility index (Phi) is 2.89. The number of amidine groups is 1. The number of hydrogen-bond acceptors (Lipinski definition) is 4. The minimum atomic E-state index is 0.620. The zero-order valence-corrected chi connectivity index (χ0v) is 7.99. The molecule has 0 aromatic carbocycles. The average molecular weight is 185 g/mol. The lowest BCUT2D eigenvalue weighted by atomic mass is 10.3. The molecule has 0 saturated carbocycles. The Balaban J connectivity index is 1.80. The Morgan fingerprint density at radius 2 is 2.58 bits per heavy atom. The second kappa shape index (κ2) is 4.14. The van der Waals surface area contributed by atoms with E-state index in [0.29, 0.717) is 6.04 Å². The van der Waals surface area contributed by atoms with E-state index in [4.69, 9.17) is 0 Å². The summed E-state index contributed by atoms with van der Waals surface area (Å²) in [5.41, 5.74) is 0. The van der Waals surface area contributed by atoms with Crippen molar-refractivity contribution in [2.45, 2.75) is 18.9 Å². The second-order valence-corrected chi connectivity index (χ2v) is 4.31. The van der Waals surface area contributed by atoms with E-state index in [1.807, 2.05) is 11.8 Å². The highest BCUT2D eigenvalue weighted by Crippen LogP contribution is 2.11. The van der Waals surface area contributed by atoms with Gasteiger partial charge in [0.05, 0.1) is 0 Å². The second-order valence-electron chi connectivity index (χ2n) is 3.22. The van der Waals surface area contributed by atoms with Gasteiger partial charge in [0, 0.05) is 24.9 Å². The molecule has 1 fully saturated rings. The summed E-state index contributed by atoms with van der Waals surface area (Å²) in [5.74, 6) is 1.23. The minimum Gasteiger partial charge on any atom is -0.361 e. The van der Waals surface area contributed by atoms with E-state index < -0.39 is 0 Å². The van der Waals surface area contributed by atoms with Crippen molar-refractivity contribution in [3.63, 3.8) is 0 Å². The lowest BCUT2D eigenvalue weighted by Crippen LogP contribution is -2.35. The van der Waals surface area contributed by atoms with Crippen LogP contribution in [0, 0.1) is 0 Å². The Morgan fingerprint density at radius 1 is 1.58 bits per heavy atom. The van der Waals surface area contributed by atoms with Gasteiger partial charge in [0.2, 0.25) is 0 Å². The van der Waals surface area contributed by atoms with Gasteiger partial charge in [-0.1, -0.05) is 11.8 Å². The maximum absolute atomic E-state index is 4.43. The summed E-state index contributed by atoms with van der Waals surface area (Å²) >= 11 is 1.86. The molecule has 2 rings (SSSR count). The summed E-state index contributed by atoms with van der Waals surface area (Å²) in [6.45, 7) is 3.25. The molecule has 12 heavy (non-hydrogen) atoms. The van der Waals surface area contributed by atoms with E-state index in [2.05, 4.69) is 15.6 Å². The third kappa shape index (κ3) is 2.14. The number of nitrogens with zero attached hydrogens (tertiary/aromatic N) is 1. The predicted octanol–water partition coefficient (Wildman–Crippen LogP) is 0.431. The van der Waals surface area contributed by atoms with Crippen LogP contribution < -0.4 is 10.6 Å². The molecule has 3 nitrogen and oxygen atoms in total. The van der Waals surface area contributed by atoms with Crippen LogP contribution in [0.4, 0.5) is 0 Å². The fraction of sp³-hybridized carbons (Fsp3) is 0.875. The largest absolute Gasteiger partial charge is 0.361 e. The number of rotatable bonds is 1. The first-order valence-corrected chi connectivity index (χ1v) is 5.58. The van der Waals surface area contributed by atoms with Crippen molar-refractivity contribution in [2.24, 2.45) is 4.99 Å². The molecule has 1 unspecified atom stereocenters. The van der Waals surface area contributed by atoms with E-state index in [-0.39, 0.29) is 0 Å². The van der Waals surface area contributed by atoms with Crippen LogP contribution in [-0.2, 0) is 0 Å². The lowest BCUT2D eigenvalue weighted by Gasteiger charge is -2.17. The summed E-state index contributed by atoms with van der Waals surface area (Å²) in [4.78, 5) is 4.43. The molecule has 0 bridgehead atoms. The number of aliphatic imine (C=N–C) groups is 1. The van der Waals surface area contributed by atoms with Crippen LogP contribution in [0.2, 0.25) is 0 Å². The van der Waals surface area contributed by atoms with E-state index >= 15 is 0 Å². The van der Waals surface area contributed by atoms with Gasteiger partial charge in [0.1, 0.15) is 0 Å². The van der Waals surface area contributed by atoms with E-state index in [1.54, 1.807) is 0 Å². The fourth-order valence-electron chi connectivity index (χ4n) is 1.50. The van der Waals surface area contributed by atoms with E-state index in [9.17, 15) is 0 Å². The monoisotopic (exact) mass is 185 g/mol. The van der Waals surface area contributed by atoms with Crippen molar-refractivity contribution in [3.05, 3.63) is 0 Å². The molecule has 1 saturated heterocycles. The van der Waals surface area contributed by atoms with Gasteiger partial charge in [-0.05, 0) is 19.4 Å². The molecular formula is C8H15N3S. The molecular weight excluding hydrogens is 170 g/mol. The Bertz CT molecular complexity index is 175. The van der Waals surface area contributed by atoms with Gasteiger partial charge in [-0.15, -0.1) is 0 Å². The molecule has 2 aliphatic heterocycles. The number of nitrogens with one attached hydrogen (secondary N) is 2. The van der Waals surface area contributed by atoms with Gasteiger partial charge in [0.15, 0.2) is 5.17 Å². The van der Waals surface area contributed by atoms with E-state index in [0.717, 1.165) is 24.8 Å². The lowest BCUT2D eigenvalue weighted by molar-refractivity contribution is 0.665. The maximum atomic E-state index is 4.43. The molecule has 1 atom stereocenters. The van der Waals surface area contributed by atoms with Gasteiger partial charge in [-0.3, -0.25) is 4.99 Å². The topological polar surface area (TPSA) is 36.4 Å². The van der Waals surface area contributed by atoms with Crippen LogP contribution in [-0.4, -0.2) is 36.6 Å². The van der Waals surface area contributed by atoms with Crippen LogP contribution in [0.1, 0.15) is 12.8 Å². The minimum absolute atomic E-state index is 0.620. The van der Waals surface area contributed by atoms with Gasteiger partial charge in [-0.25, -0.2) is 0 Å². The molecule has 0 aromatic rings. The highest BCUT2D eigenvalue weighted by Gasteiger charge is 2.16. The maximum Gasteiger partial charge on any atom is 0.156 e. The third-order valence-electron chi connectivity index (χ3n) is 2.18. The fourth-order valence-corrected chi connectivity index (χ4v) is 2.40. The van der Waals surface area contributed by atoms with Gasteiger partial charge < -0.3 is 10.6 Å². The molecule has 0 aromatic heterocycles. The third-order valence-corrected chi connectivity index (χ3v) is 3.20. The molecule has 0 spiro atoms. The molecule has 0 amide bonds. The first kappa shape index (κ1) is 8.38. The Labute approximate surface area is 77.4 Å². The van der Waals surface area contributed by atoms with Crippen LogP contribution in [0.15, 0.2) is 4.99 Å². The Hall–Kier alpha value is -0.220. The SMILES string of the molecule is C1CN=C(NC2CCNC2)SC1. The first-order valence-electron chi connectivity index (χ1n) is 4.59. The van der Waals surface area contributed by atoms with E-state index in [1.165, 1.54) is 18.6 Å². The van der Waals surface area contributed by atoms with Crippen LogP contribution in [0.5, 0.6) is 0 Å². The van der Waals surface area contributed by atoms with Crippen molar-refractivity contribution in [2.75, 3.05) is 25.4 Å². The molecule has 0 aliphatic carbocycles. The molecule has 68 valence electrons. The molecule has 2 N–H and O–H groups in total. The summed E-state index contributed by atoms with van der Waals surface area (Å²) in [6.07, 6.45) is 2.47. The van der Waals surface area contributed by atoms with Crippen molar-refractivity contribution in [1.29, 1.82) is 0 Å². The zero-order valence-electron chi connectivity index (χ0n) is 7.18. The molecule has 2 aliphatic rings. The standard InChI is InChI=1S/C8H15N3S/c1-3-10-8(12-5-1)11-7-2-4-9-6-7/h7,9H,1-6H2,(H,10,11). The summed E-state index contributed by atoms with van der Waals surface area (Å²) in [7, 11) is 0. The normalized spacial score (nSPS) is 30.0. The Morgan fingerprint density at radius 3 is 3.25 bits per heavy atom. The molecule has 4 heteroatoms. The first-order chi connectivity index (χ1) is 5.95. The molecule has 0 radical (unpaired) electrons. The summed E-state index contributed by atoms with van der Waals surface area (Å²) < 4.78 is 0. The smallest absolute Gasteiger partial charge is 0.156 e. The molecule has 2 heterocycles. The average Bonchev–Trinajstić information content (AvgIpc) is 2.59. The predicted molar refractivity (Wildman–Crippen MR) is 53.8 cm³/mol. The summed E-state index contributed by atoms with van der Waals surface area (Å²) in [6, 6.07) is 0.620. The van der Waals surface area contributed by atoms with Crippen molar-refractivity contribution < 1.29 is 0 Å². The van der Waals surface area contributed by atoms with Crippen molar-refractivity contribution >= 4 is 16.9 Å². The van der Waals surface area contributed by atoms with Crippen LogP contribution >= 0.6 is 11.8 Å². The summed E-state index contributed by atoms with van der Waals surface area (Å²) in [5, 5.41) is 7.97. The van der Waals surface area contributed by atoms with Crippen LogP contribution in [0.25, 0.3) is 0 Å². The van der Waals surface area contributed by atoms with Gasteiger partial charge in [0.25, 0.3) is 0 Å². The zero-order chi connectivity index (χ0) is 8.23. The van der Waals surface area contributed by atoms with Crippen molar-refractivity contribution in [1.82, 2.24) is 10.6 Å². The number of thioether (sulfide) groups is 1. The van der Waals surface area contributed by atoms with Crippen molar-refractivity contribution in [3.8, 4) is 0 Å². The van der Waals surface area contributed by atoms with Gasteiger partial charge in [-0.2, -0.15) is 0 Å². The quantitative estimate of drug-likeness (QED) is 0.622. The highest BCUT2D eigenvalue weighted by atomic mass is 32.2. The van der Waals surface area contributed by atoms with Gasteiger partial charge >= 0.3 is 0 Å². The number of hydrogen-bond donors (Lipinski definition) is 2. The highest BCUT2D eigenvalue weighted by molar-refractivity contribution is 8.13. The van der Waals surface area contributed by atoms with Crippen LogP contribution in [0.3, 0.4) is 0 Å².